The second-order valence-electron chi connectivity index (χ2n) is 8.56. The van der Waals surface area contributed by atoms with E-state index in [1.165, 1.54) is 29.7 Å². The van der Waals surface area contributed by atoms with E-state index >= 15 is 0 Å². The van der Waals surface area contributed by atoms with E-state index in [-0.39, 0.29) is 30.4 Å². The number of sulfone groups is 1. The van der Waals surface area contributed by atoms with Gasteiger partial charge < -0.3 is 9.30 Å². The molecule has 1 heterocycles. The number of hydrogen-bond donors (Lipinski definition) is 1. The van der Waals surface area contributed by atoms with Crippen molar-refractivity contribution in [3.8, 4) is 5.75 Å². The summed E-state index contributed by atoms with van der Waals surface area (Å²) in [5.74, 6) is 0.976. The predicted molar refractivity (Wildman–Crippen MR) is 128 cm³/mol. The number of aromatic nitrogens is 2. The molecule has 33 heavy (non-hydrogen) atoms. The van der Waals surface area contributed by atoms with Gasteiger partial charge in [0.15, 0.2) is 9.84 Å². The largest absolute Gasteiger partial charge is 0.493 e. The number of H-pyrrole nitrogens is 1. The first kappa shape index (κ1) is 23.0. The maximum absolute atomic E-state index is 13.0. The fourth-order valence-electron chi connectivity index (χ4n) is 3.80. The van der Waals surface area contributed by atoms with Gasteiger partial charge in [0.1, 0.15) is 5.75 Å². The zero-order chi connectivity index (χ0) is 23.3. The highest BCUT2D eigenvalue weighted by atomic mass is 32.2. The molecule has 3 aromatic rings. The molecule has 1 saturated carbocycles. The van der Waals surface area contributed by atoms with Crippen molar-refractivity contribution in [2.24, 2.45) is 5.92 Å². The predicted octanol–water partition coefficient (Wildman–Crippen LogP) is 2.96. The van der Waals surface area contributed by atoms with Gasteiger partial charge in [0.25, 0.3) is 5.56 Å². The molecule has 1 unspecified atom stereocenters. The van der Waals surface area contributed by atoms with Gasteiger partial charge in [-0.25, -0.2) is 13.2 Å². The summed E-state index contributed by atoms with van der Waals surface area (Å²) >= 11 is 0. The zero-order valence-corrected chi connectivity index (χ0v) is 19.2. The Hall–Kier alpha value is -3.13. The molecule has 7 nitrogen and oxygen atoms in total. The third kappa shape index (κ3) is 6.68. The minimum atomic E-state index is -3.42. The highest BCUT2D eigenvalue weighted by molar-refractivity contribution is 7.91. The van der Waals surface area contributed by atoms with Gasteiger partial charge in [0.05, 0.1) is 18.1 Å². The second kappa shape index (κ2) is 10.2. The molecule has 1 aromatic heterocycles. The van der Waals surface area contributed by atoms with E-state index in [2.05, 4.69) is 4.98 Å². The Morgan fingerprint density at radius 2 is 1.76 bits per heavy atom. The van der Waals surface area contributed by atoms with Crippen LogP contribution >= 0.6 is 0 Å². The molecule has 1 aliphatic carbocycles. The van der Waals surface area contributed by atoms with Gasteiger partial charge in [-0.1, -0.05) is 42.5 Å². The van der Waals surface area contributed by atoms with Crippen LogP contribution in [0, 0.1) is 5.92 Å². The molecule has 0 saturated heterocycles. The van der Waals surface area contributed by atoms with E-state index in [4.69, 9.17) is 4.74 Å². The quantitative estimate of drug-likeness (QED) is 0.467. The molecule has 4 rings (SSSR count). The van der Waals surface area contributed by atoms with Gasteiger partial charge in [0, 0.05) is 24.7 Å². The molecule has 0 spiro atoms. The summed E-state index contributed by atoms with van der Waals surface area (Å²) in [5.41, 5.74) is 0.815. The molecule has 0 radical (unpaired) electrons. The van der Waals surface area contributed by atoms with Crippen LogP contribution in [0.1, 0.15) is 36.3 Å². The van der Waals surface area contributed by atoms with E-state index < -0.39 is 21.1 Å². The second-order valence-corrected chi connectivity index (χ2v) is 10.8. The molecule has 1 N–H and O–H groups in total. The molecule has 1 atom stereocenters. The molecule has 0 bridgehead atoms. The molecule has 8 heteroatoms. The maximum atomic E-state index is 13.0. The van der Waals surface area contributed by atoms with Crippen LogP contribution in [0.25, 0.3) is 0 Å². The third-order valence-electron chi connectivity index (χ3n) is 5.82. The topological polar surface area (TPSA) is 98.2 Å². The number of nitrogens with one attached hydrogen (secondary N) is 1. The third-order valence-corrected chi connectivity index (χ3v) is 7.57. The normalized spacial score (nSPS) is 14.7. The lowest BCUT2D eigenvalue weighted by molar-refractivity contribution is 0.299. The van der Waals surface area contributed by atoms with Crippen molar-refractivity contribution in [2.75, 3.05) is 18.1 Å². The SMILES string of the molecule is O=c1ccn(CCCS(=O)(=O)CC(c2ccccc2)c2cccc(OCC3CC3)c2)c(=O)[nH]1. The van der Waals surface area contributed by atoms with Crippen molar-refractivity contribution >= 4 is 9.84 Å². The summed E-state index contributed by atoms with van der Waals surface area (Å²) < 4.78 is 33.3. The monoisotopic (exact) mass is 468 g/mol. The van der Waals surface area contributed by atoms with Gasteiger partial charge in [-0.15, -0.1) is 0 Å². The highest BCUT2D eigenvalue weighted by Gasteiger charge is 2.24. The number of nitrogens with zero attached hydrogens (tertiary/aromatic N) is 1. The van der Waals surface area contributed by atoms with Crippen molar-refractivity contribution in [2.45, 2.75) is 31.7 Å². The number of ether oxygens (including phenoxy) is 1. The number of aryl methyl sites for hydroxylation is 1. The Kier molecular flexibility index (Phi) is 7.13. The van der Waals surface area contributed by atoms with Crippen LogP contribution in [0.3, 0.4) is 0 Å². The zero-order valence-electron chi connectivity index (χ0n) is 18.4. The summed E-state index contributed by atoms with van der Waals surface area (Å²) in [5, 5.41) is 0. The van der Waals surface area contributed by atoms with E-state index in [1.807, 2.05) is 54.6 Å². The van der Waals surface area contributed by atoms with Crippen LogP contribution < -0.4 is 16.0 Å². The van der Waals surface area contributed by atoms with Crippen LogP contribution in [0.4, 0.5) is 0 Å². The average molecular weight is 469 g/mol. The van der Waals surface area contributed by atoms with Crippen LogP contribution in [0.2, 0.25) is 0 Å². The van der Waals surface area contributed by atoms with Crippen molar-refractivity contribution in [3.63, 3.8) is 0 Å². The Bertz CT molecular complexity index is 1290. The van der Waals surface area contributed by atoms with Crippen LogP contribution in [0.5, 0.6) is 5.75 Å². The maximum Gasteiger partial charge on any atom is 0.328 e. The van der Waals surface area contributed by atoms with E-state index in [9.17, 15) is 18.0 Å². The van der Waals surface area contributed by atoms with Crippen LogP contribution in [-0.4, -0.2) is 36.1 Å². The van der Waals surface area contributed by atoms with Gasteiger partial charge in [0.2, 0.25) is 0 Å². The van der Waals surface area contributed by atoms with E-state index in [1.54, 1.807) is 0 Å². The molecule has 174 valence electrons. The summed E-state index contributed by atoms with van der Waals surface area (Å²) in [7, 11) is -3.42. The van der Waals surface area contributed by atoms with Crippen molar-refractivity contribution in [1.29, 1.82) is 0 Å². The standard InChI is InChI=1S/C25H28N2O5S/c28-24-12-14-27(25(29)26-24)13-5-15-33(30,31)18-23(20-6-2-1-3-7-20)21-8-4-9-22(16-21)32-17-19-10-11-19/h1-4,6-9,12,14,16,19,23H,5,10-11,13,15,17-18H2,(H,26,28,29). The fourth-order valence-corrected chi connectivity index (χ4v) is 5.43. The summed E-state index contributed by atoms with van der Waals surface area (Å²) in [4.78, 5) is 25.2. The van der Waals surface area contributed by atoms with E-state index in [0.717, 1.165) is 16.9 Å². The molecule has 0 amide bonds. The lowest BCUT2D eigenvalue weighted by Gasteiger charge is -2.19. The average Bonchev–Trinajstić information content (AvgIpc) is 3.63. The van der Waals surface area contributed by atoms with Gasteiger partial charge >= 0.3 is 5.69 Å². The first-order chi connectivity index (χ1) is 15.9. The molecular weight excluding hydrogens is 440 g/mol. The lowest BCUT2D eigenvalue weighted by Crippen LogP contribution is -2.29. The van der Waals surface area contributed by atoms with Gasteiger partial charge in [-0.2, -0.15) is 0 Å². The van der Waals surface area contributed by atoms with Crippen LogP contribution in [0.15, 0.2) is 76.4 Å². The summed E-state index contributed by atoms with van der Waals surface area (Å²) in [6, 6.07) is 18.6. The number of hydrogen-bond acceptors (Lipinski definition) is 5. The lowest BCUT2D eigenvalue weighted by atomic mass is 9.93. The van der Waals surface area contributed by atoms with Crippen molar-refractivity contribution in [1.82, 2.24) is 9.55 Å². The van der Waals surface area contributed by atoms with Crippen molar-refractivity contribution < 1.29 is 13.2 Å². The molecule has 2 aromatic carbocycles. The first-order valence-electron chi connectivity index (χ1n) is 11.2. The summed E-state index contributed by atoms with van der Waals surface area (Å²) in [6.45, 7) is 0.914. The first-order valence-corrected chi connectivity index (χ1v) is 13.0. The number of rotatable bonds is 11. The number of benzene rings is 2. The minimum Gasteiger partial charge on any atom is -0.493 e. The van der Waals surface area contributed by atoms with Crippen LogP contribution in [-0.2, 0) is 16.4 Å². The fraction of sp³-hybridized carbons (Fsp3) is 0.360. The Labute approximate surface area is 193 Å². The van der Waals surface area contributed by atoms with Crippen molar-refractivity contribution in [3.05, 3.63) is 98.8 Å². The van der Waals surface area contributed by atoms with Gasteiger partial charge in [-0.05, 0) is 48.4 Å². The van der Waals surface area contributed by atoms with E-state index in [0.29, 0.717) is 12.5 Å². The van der Waals surface area contributed by atoms with Gasteiger partial charge in [-0.3, -0.25) is 9.78 Å². The minimum absolute atomic E-state index is 0.0381. The number of aromatic amines is 1. The smallest absolute Gasteiger partial charge is 0.328 e. The Morgan fingerprint density at radius 1 is 1.00 bits per heavy atom. The molecular formula is C25H28N2O5S. The molecule has 1 fully saturated rings. The highest BCUT2D eigenvalue weighted by Crippen LogP contribution is 2.32. The Morgan fingerprint density at radius 3 is 2.48 bits per heavy atom. The molecule has 0 aliphatic heterocycles. The molecule has 1 aliphatic rings. The Balaban J connectivity index is 1.48. The summed E-state index contributed by atoms with van der Waals surface area (Å²) in [6.07, 6.45) is 4.07.